The number of hydrogen-bond acceptors (Lipinski definition) is 2. The molecule has 1 unspecified atom stereocenters. The van der Waals surface area contributed by atoms with Crippen molar-refractivity contribution in [2.24, 2.45) is 5.92 Å². The molecule has 114 valence electrons. The molecule has 0 saturated carbocycles. The summed E-state index contributed by atoms with van der Waals surface area (Å²) in [7, 11) is 0. The van der Waals surface area contributed by atoms with E-state index in [4.69, 9.17) is 11.6 Å². The molecule has 0 fully saturated rings. The van der Waals surface area contributed by atoms with Crippen LogP contribution in [0.4, 0.5) is 0 Å². The van der Waals surface area contributed by atoms with Crippen LogP contribution in [0.15, 0.2) is 35.7 Å². The fraction of sp³-hybridized carbons (Fsp3) is 0.412. The molecule has 0 amide bonds. The molecule has 1 aliphatic rings. The Morgan fingerprint density at radius 2 is 2.05 bits per heavy atom. The molecule has 0 saturated heterocycles. The molecule has 1 aromatic heterocycles. The molecule has 0 spiro atoms. The van der Waals surface area contributed by atoms with E-state index in [1.807, 2.05) is 23.5 Å². The molecule has 3 rings (SSSR count). The lowest BCUT2D eigenvalue weighted by Gasteiger charge is -2.38. The molecule has 21 heavy (non-hydrogen) atoms. The molecular weight excluding hydrogens is 321 g/mol. The van der Waals surface area contributed by atoms with Gasteiger partial charge in [0.05, 0.1) is 0 Å². The van der Waals surface area contributed by atoms with Crippen LogP contribution >= 0.6 is 35.3 Å². The number of halogens is 2. The molecule has 2 aromatic rings. The Bertz CT molecular complexity index is 594. The zero-order valence-corrected chi connectivity index (χ0v) is 14.8. The van der Waals surface area contributed by atoms with E-state index in [1.54, 1.807) is 4.88 Å². The van der Waals surface area contributed by atoms with Crippen LogP contribution in [0.25, 0.3) is 0 Å². The number of fused-ring (bicyclic) bond motifs is 1. The van der Waals surface area contributed by atoms with Gasteiger partial charge in [-0.15, -0.1) is 23.7 Å². The predicted octanol–water partition coefficient (Wildman–Crippen LogP) is 5.58. The van der Waals surface area contributed by atoms with E-state index < -0.39 is 0 Å². The van der Waals surface area contributed by atoms with Gasteiger partial charge in [0.2, 0.25) is 0 Å². The SMILES string of the molecule is CC(C)C1c2ccsc2CCN1Cc1ccccc1Cl.Cl. The summed E-state index contributed by atoms with van der Waals surface area (Å²) in [5.74, 6) is 0.617. The standard InChI is InChI=1S/C17H20ClNS.ClH/c1-12(2)17-14-8-10-20-16(14)7-9-19(17)11-13-5-3-4-6-15(13)18;/h3-6,8,10,12,17H,7,9,11H2,1-2H3;1H. The van der Waals surface area contributed by atoms with Crippen LogP contribution in [0, 0.1) is 5.92 Å². The second-order valence-electron chi connectivity index (χ2n) is 5.80. The molecule has 4 heteroatoms. The third-order valence-electron chi connectivity index (χ3n) is 4.08. The van der Waals surface area contributed by atoms with Gasteiger partial charge in [-0.3, -0.25) is 4.90 Å². The highest BCUT2D eigenvalue weighted by molar-refractivity contribution is 7.10. The van der Waals surface area contributed by atoms with Gasteiger partial charge >= 0.3 is 0 Å². The normalized spacial score (nSPS) is 18.4. The minimum absolute atomic E-state index is 0. The van der Waals surface area contributed by atoms with Crippen molar-refractivity contribution in [3.8, 4) is 0 Å². The van der Waals surface area contributed by atoms with Crippen LogP contribution in [0.2, 0.25) is 5.02 Å². The first-order valence-corrected chi connectivity index (χ1v) is 8.46. The zero-order valence-electron chi connectivity index (χ0n) is 12.4. The number of hydrogen-bond donors (Lipinski definition) is 0. The van der Waals surface area contributed by atoms with Crippen molar-refractivity contribution in [1.29, 1.82) is 0 Å². The molecule has 0 aliphatic carbocycles. The summed E-state index contributed by atoms with van der Waals surface area (Å²) in [5.41, 5.74) is 2.77. The van der Waals surface area contributed by atoms with E-state index in [0.717, 1.165) is 18.1 Å². The van der Waals surface area contributed by atoms with Crippen molar-refractivity contribution in [3.63, 3.8) is 0 Å². The van der Waals surface area contributed by atoms with Gasteiger partial charge in [0, 0.05) is 29.0 Å². The maximum atomic E-state index is 6.33. The summed E-state index contributed by atoms with van der Waals surface area (Å²) >= 11 is 8.23. The van der Waals surface area contributed by atoms with Crippen LogP contribution in [0.3, 0.4) is 0 Å². The highest BCUT2D eigenvalue weighted by Crippen LogP contribution is 2.38. The summed E-state index contributed by atoms with van der Waals surface area (Å²) in [6.45, 7) is 6.70. The molecule has 0 bridgehead atoms. The average Bonchev–Trinajstić information content (AvgIpc) is 2.88. The van der Waals surface area contributed by atoms with Crippen LogP contribution in [-0.2, 0) is 13.0 Å². The summed E-state index contributed by atoms with van der Waals surface area (Å²) in [4.78, 5) is 4.15. The number of benzene rings is 1. The molecule has 1 aliphatic heterocycles. The van der Waals surface area contributed by atoms with Gasteiger partial charge in [-0.05, 0) is 41.0 Å². The lowest BCUT2D eigenvalue weighted by molar-refractivity contribution is 0.137. The molecule has 1 nitrogen and oxygen atoms in total. The van der Waals surface area contributed by atoms with E-state index in [-0.39, 0.29) is 12.4 Å². The van der Waals surface area contributed by atoms with Gasteiger partial charge in [-0.1, -0.05) is 43.6 Å². The monoisotopic (exact) mass is 341 g/mol. The minimum Gasteiger partial charge on any atom is -0.291 e. The van der Waals surface area contributed by atoms with Crippen molar-refractivity contribution < 1.29 is 0 Å². The van der Waals surface area contributed by atoms with Crippen molar-refractivity contribution in [2.45, 2.75) is 32.9 Å². The highest BCUT2D eigenvalue weighted by Gasteiger charge is 2.30. The Labute approximate surface area is 142 Å². The Kier molecular flexibility index (Phi) is 5.73. The lowest BCUT2D eigenvalue weighted by atomic mass is 9.90. The third kappa shape index (κ3) is 3.45. The Balaban J connectivity index is 0.00000161. The fourth-order valence-electron chi connectivity index (χ4n) is 3.20. The van der Waals surface area contributed by atoms with Gasteiger partial charge in [0.1, 0.15) is 0 Å². The first kappa shape index (κ1) is 16.8. The third-order valence-corrected chi connectivity index (χ3v) is 5.45. The highest BCUT2D eigenvalue weighted by atomic mass is 35.5. The van der Waals surface area contributed by atoms with E-state index >= 15 is 0 Å². The first-order chi connectivity index (χ1) is 9.66. The second kappa shape index (κ2) is 7.15. The van der Waals surface area contributed by atoms with Crippen molar-refractivity contribution in [1.82, 2.24) is 4.90 Å². The average molecular weight is 342 g/mol. The van der Waals surface area contributed by atoms with E-state index in [2.05, 4.69) is 42.3 Å². The van der Waals surface area contributed by atoms with Gasteiger partial charge in [-0.2, -0.15) is 0 Å². The minimum atomic E-state index is 0. The van der Waals surface area contributed by atoms with E-state index in [9.17, 15) is 0 Å². The molecule has 2 heterocycles. The van der Waals surface area contributed by atoms with Gasteiger partial charge < -0.3 is 0 Å². The van der Waals surface area contributed by atoms with Crippen LogP contribution in [0.1, 0.15) is 35.9 Å². The molecule has 0 radical (unpaired) electrons. The molecule has 0 N–H and O–H groups in total. The van der Waals surface area contributed by atoms with Crippen LogP contribution in [0.5, 0.6) is 0 Å². The Morgan fingerprint density at radius 1 is 1.29 bits per heavy atom. The summed E-state index contributed by atoms with van der Waals surface area (Å²) in [5, 5.41) is 3.12. The van der Waals surface area contributed by atoms with Crippen molar-refractivity contribution >= 4 is 35.3 Å². The summed E-state index contributed by atoms with van der Waals surface area (Å²) in [6.07, 6.45) is 1.17. The van der Waals surface area contributed by atoms with Gasteiger partial charge in [-0.25, -0.2) is 0 Å². The fourth-order valence-corrected chi connectivity index (χ4v) is 4.31. The van der Waals surface area contributed by atoms with E-state index in [1.165, 1.54) is 17.5 Å². The lowest BCUT2D eigenvalue weighted by Crippen LogP contribution is -2.37. The maximum Gasteiger partial charge on any atom is 0.0451 e. The van der Waals surface area contributed by atoms with Crippen LogP contribution < -0.4 is 0 Å². The Morgan fingerprint density at radius 3 is 2.76 bits per heavy atom. The number of nitrogens with zero attached hydrogens (tertiary/aromatic N) is 1. The number of rotatable bonds is 3. The maximum absolute atomic E-state index is 6.33. The molecule has 1 atom stereocenters. The first-order valence-electron chi connectivity index (χ1n) is 7.20. The van der Waals surface area contributed by atoms with E-state index in [0.29, 0.717) is 12.0 Å². The Hall–Kier alpha value is -0.540. The molecule has 1 aromatic carbocycles. The quantitative estimate of drug-likeness (QED) is 0.704. The van der Waals surface area contributed by atoms with Crippen molar-refractivity contribution in [2.75, 3.05) is 6.54 Å². The summed E-state index contributed by atoms with van der Waals surface area (Å²) in [6, 6.07) is 11.0. The predicted molar refractivity (Wildman–Crippen MR) is 94.7 cm³/mol. The largest absolute Gasteiger partial charge is 0.291 e. The van der Waals surface area contributed by atoms with Gasteiger partial charge in [0.25, 0.3) is 0 Å². The second-order valence-corrected chi connectivity index (χ2v) is 7.21. The van der Waals surface area contributed by atoms with Gasteiger partial charge in [0.15, 0.2) is 0 Å². The zero-order chi connectivity index (χ0) is 14.1. The topological polar surface area (TPSA) is 3.24 Å². The van der Waals surface area contributed by atoms with Crippen LogP contribution in [-0.4, -0.2) is 11.4 Å². The van der Waals surface area contributed by atoms with Crippen molar-refractivity contribution in [3.05, 3.63) is 56.7 Å². The molecular formula is C17H21Cl2NS. The summed E-state index contributed by atoms with van der Waals surface area (Å²) < 4.78 is 0. The smallest absolute Gasteiger partial charge is 0.0451 e. The number of thiophene rings is 1.